The topological polar surface area (TPSA) is 0 Å². The molecule has 0 aromatic heterocycles. The minimum atomic E-state index is 0.322. The van der Waals surface area contributed by atoms with Crippen molar-refractivity contribution >= 4 is 0 Å². The molecule has 0 aromatic carbocycles. The standard InChI is InChI=1S/C21H32/c1-5-7-16-9-11-19-18-10-8-15(3)17(18)12-13-20(19)21(16,4)14-6-2/h5,7,13,15,17-19H,1,6,8-12,14H2,2-4H3/b16-7-. The van der Waals surface area contributed by atoms with Crippen molar-refractivity contribution in [3.05, 3.63) is 36.0 Å². The fourth-order valence-electron chi connectivity index (χ4n) is 5.85. The molecule has 0 radical (unpaired) electrons. The van der Waals surface area contributed by atoms with Crippen molar-refractivity contribution in [2.45, 2.75) is 65.7 Å². The van der Waals surface area contributed by atoms with Gasteiger partial charge >= 0.3 is 0 Å². The third-order valence-corrected chi connectivity index (χ3v) is 6.90. The van der Waals surface area contributed by atoms with Crippen LogP contribution in [0.25, 0.3) is 0 Å². The molecular formula is C21H32. The zero-order chi connectivity index (χ0) is 15.0. The van der Waals surface area contributed by atoms with E-state index >= 15 is 0 Å². The summed E-state index contributed by atoms with van der Waals surface area (Å²) in [4.78, 5) is 0. The monoisotopic (exact) mass is 284 g/mol. The van der Waals surface area contributed by atoms with Crippen LogP contribution in [0.2, 0.25) is 0 Å². The molecule has 3 rings (SSSR count). The quantitative estimate of drug-likeness (QED) is 0.533. The van der Waals surface area contributed by atoms with Crippen molar-refractivity contribution in [1.82, 2.24) is 0 Å². The maximum atomic E-state index is 3.95. The molecule has 0 nitrogen and oxygen atoms in total. The number of allylic oxidation sites excluding steroid dienone is 5. The van der Waals surface area contributed by atoms with E-state index in [-0.39, 0.29) is 0 Å². The first-order valence-electron chi connectivity index (χ1n) is 9.14. The molecule has 5 unspecified atom stereocenters. The van der Waals surface area contributed by atoms with Crippen molar-refractivity contribution in [3.8, 4) is 0 Å². The average Bonchev–Trinajstić information content (AvgIpc) is 2.84. The van der Waals surface area contributed by atoms with Crippen molar-refractivity contribution in [2.75, 3.05) is 0 Å². The first-order chi connectivity index (χ1) is 10.1. The van der Waals surface area contributed by atoms with E-state index in [1.54, 1.807) is 11.1 Å². The third-order valence-electron chi connectivity index (χ3n) is 6.90. The first kappa shape index (κ1) is 15.1. The van der Waals surface area contributed by atoms with E-state index in [4.69, 9.17) is 0 Å². The third kappa shape index (κ3) is 2.35. The van der Waals surface area contributed by atoms with Gasteiger partial charge in [0.1, 0.15) is 0 Å². The molecule has 0 spiro atoms. The molecule has 0 heteroatoms. The van der Waals surface area contributed by atoms with Crippen LogP contribution in [0.15, 0.2) is 36.0 Å². The number of hydrogen-bond donors (Lipinski definition) is 0. The van der Waals surface area contributed by atoms with Gasteiger partial charge in [-0.2, -0.15) is 0 Å². The highest BCUT2D eigenvalue weighted by Crippen LogP contribution is 2.59. The van der Waals surface area contributed by atoms with E-state index in [0.29, 0.717) is 5.41 Å². The molecule has 0 aliphatic heterocycles. The van der Waals surface area contributed by atoms with E-state index in [0.717, 1.165) is 23.7 Å². The van der Waals surface area contributed by atoms with Crippen molar-refractivity contribution in [3.63, 3.8) is 0 Å². The van der Waals surface area contributed by atoms with Crippen LogP contribution in [-0.2, 0) is 0 Å². The van der Waals surface area contributed by atoms with Gasteiger partial charge in [-0.15, -0.1) is 0 Å². The first-order valence-corrected chi connectivity index (χ1v) is 9.14. The smallest absolute Gasteiger partial charge is 0.00981 e. The van der Waals surface area contributed by atoms with Crippen molar-refractivity contribution in [2.24, 2.45) is 29.1 Å². The number of hydrogen-bond acceptors (Lipinski definition) is 0. The van der Waals surface area contributed by atoms with Crippen LogP contribution in [0.3, 0.4) is 0 Å². The molecule has 21 heavy (non-hydrogen) atoms. The molecule has 5 atom stereocenters. The Balaban J connectivity index is 1.97. The van der Waals surface area contributed by atoms with Gasteiger partial charge in [0.2, 0.25) is 0 Å². The van der Waals surface area contributed by atoms with Crippen LogP contribution >= 0.6 is 0 Å². The Morgan fingerprint density at radius 2 is 2.10 bits per heavy atom. The maximum absolute atomic E-state index is 3.95. The SMILES string of the molecule is C=C/C=C1/CCC2C(=CCC3C(C)CCC23)C1(C)CCC. The van der Waals surface area contributed by atoms with Crippen LogP contribution < -0.4 is 0 Å². The normalized spacial score (nSPS) is 44.1. The fraction of sp³-hybridized carbons (Fsp3) is 0.714. The summed E-state index contributed by atoms with van der Waals surface area (Å²) >= 11 is 0. The Morgan fingerprint density at radius 1 is 1.29 bits per heavy atom. The minimum absolute atomic E-state index is 0.322. The molecule has 3 aliphatic rings. The van der Waals surface area contributed by atoms with Crippen LogP contribution in [-0.4, -0.2) is 0 Å². The summed E-state index contributed by atoms with van der Waals surface area (Å²) in [6.07, 6.45) is 16.5. The second kappa shape index (κ2) is 5.78. The van der Waals surface area contributed by atoms with Gasteiger partial charge in [0, 0.05) is 5.41 Å². The molecule has 0 bridgehead atoms. The number of rotatable bonds is 3. The average molecular weight is 284 g/mol. The van der Waals surface area contributed by atoms with Gasteiger partial charge < -0.3 is 0 Å². The molecule has 0 N–H and O–H groups in total. The van der Waals surface area contributed by atoms with Gasteiger partial charge in [-0.3, -0.25) is 0 Å². The lowest BCUT2D eigenvalue weighted by atomic mass is 9.55. The summed E-state index contributed by atoms with van der Waals surface area (Å²) in [5.41, 5.74) is 3.77. The van der Waals surface area contributed by atoms with Crippen LogP contribution in [0.4, 0.5) is 0 Å². The lowest BCUT2D eigenvalue weighted by Crippen LogP contribution is -2.38. The van der Waals surface area contributed by atoms with Gasteiger partial charge in [-0.1, -0.05) is 69.6 Å². The van der Waals surface area contributed by atoms with E-state index in [1.165, 1.54) is 44.9 Å². The summed E-state index contributed by atoms with van der Waals surface area (Å²) < 4.78 is 0. The molecule has 0 amide bonds. The second-order valence-corrected chi connectivity index (χ2v) is 7.93. The Morgan fingerprint density at radius 3 is 2.81 bits per heavy atom. The van der Waals surface area contributed by atoms with Gasteiger partial charge in [0.05, 0.1) is 0 Å². The Hall–Kier alpha value is -0.780. The van der Waals surface area contributed by atoms with Gasteiger partial charge in [0.25, 0.3) is 0 Å². The Bertz CT molecular complexity index is 466. The molecule has 0 aromatic rings. The zero-order valence-electron chi connectivity index (χ0n) is 14.2. The fourth-order valence-corrected chi connectivity index (χ4v) is 5.85. The maximum Gasteiger partial charge on any atom is 0.00981 e. The molecule has 2 saturated carbocycles. The van der Waals surface area contributed by atoms with Gasteiger partial charge in [-0.25, -0.2) is 0 Å². The molecule has 0 heterocycles. The highest BCUT2D eigenvalue weighted by Gasteiger charge is 2.48. The van der Waals surface area contributed by atoms with Crippen molar-refractivity contribution in [1.29, 1.82) is 0 Å². The largest absolute Gasteiger partial charge is 0.0991 e. The predicted octanol–water partition coefficient (Wildman–Crippen LogP) is 6.31. The zero-order valence-corrected chi connectivity index (χ0v) is 14.2. The Kier molecular flexibility index (Phi) is 4.17. The molecule has 116 valence electrons. The summed E-state index contributed by atoms with van der Waals surface area (Å²) in [5, 5.41) is 0. The molecule has 2 fully saturated rings. The van der Waals surface area contributed by atoms with Crippen LogP contribution in [0.5, 0.6) is 0 Å². The van der Waals surface area contributed by atoms with E-state index in [9.17, 15) is 0 Å². The van der Waals surface area contributed by atoms with Gasteiger partial charge in [-0.05, 0) is 55.8 Å². The van der Waals surface area contributed by atoms with Crippen LogP contribution in [0.1, 0.15) is 65.7 Å². The molecular weight excluding hydrogens is 252 g/mol. The molecule has 3 aliphatic carbocycles. The van der Waals surface area contributed by atoms with Crippen molar-refractivity contribution < 1.29 is 0 Å². The molecule has 0 saturated heterocycles. The minimum Gasteiger partial charge on any atom is -0.0991 e. The Labute approximate surface area is 131 Å². The highest BCUT2D eigenvalue weighted by atomic mass is 14.5. The summed E-state index contributed by atoms with van der Waals surface area (Å²) in [7, 11) is 0. The van der Waals surface area contributed by atoms with E-state index < -0.39 is 0 Å². The summed E-state index contributed by atoms with van der Waals surface area (Å²) in [6, 6.07) is 0. The van der Waals surface area contributed by atoms with E-state index in [2.05, 4.69) is 39.5 Å². The lowest BCUT2D eigenvalue weighted by molar-refractivity contribution is 0.180. The lowest BCUT2D eigenvalue weighted by Gasteiger charge is -2.49. The predicted molar refractivity (Wildman–Crippen MR) is 92.1 cm³/mol. The van der Waals surface area contributed by atoms with Gasteiger partial charge in [0.15, 0.2) is 0 Å². The second-order valence-electron chi connectivity index (χ2n) is 7.93. The van der Waals surface area contributed by atoms with Crippen LogP contribution in [0, 0.1) is 29.1 Å². The number of fused-ring (bicyclic) bond motifs is 3. The highest BCUT2D eigenvalue weighted by molar-refractivity contribution is 5.37. The van der Waals surface area contributed by atoms with E-state index in [1.807, 2.05) is 6.08 Å². The summed E-state index contributed by atoms with van der Waals surface area (Å²) in [6.45, 7) is 11.3. The summed E-state index contributed by atoms with van der Waals surface area (Å²) in [5.74, 6) is 3.80.